The standard InChI is InChI=1S/C19H29N3O4PSi/c1-13(8-26-28(5,6)7)14-9-24-19(21-14)16-11-25-18(22-16)15-10-23-17(20-15)12-27(2,3)4/h9-11,13H,8,12H2,1-7H3/q+1/t13-/m0/s1. The predicted molar refractivity (Wildman–Crippen MR) is 114 cm³/mol. The molecular weight excluding hydrogens is 393 g/mol. The Bertz CT molecular complexity index is 920. The van der Waals surface area contributed by atoms with Crippen molar-refractivity contribution in [1.29, 1.82) is 0 Å². The number of aromatic nitrogens is 3. The Kier molecular flexibility index (Phi) is 5.94. The van der Waals surface area contributed by atoms with E-state index in [1.165, 1.54) is 6.26 Å². The lowest BCUT2D eigenvalue weighted by Crippen LogP contribution is -2.27. The summed E-state index contributed by atoms with van der Waals surface area (Å²) in [7, 11) is -2.58. The fraction of sp³-hybridized carbons (Fsp3) is 0.526. The summed E-state index contributed by atoms with van der Waals surface area (Å²) in [4.78, 5) is 13.5. The van der Waals surface area contributed by atoms with Crippen molar-refractivity contribution in [3.8, 4) is 23.2 Å². The molecule has 3 heterocycles. The molecule has 0 fully saturated rings. The Morgan fingerprint density at radius 1 is 0.929 bits per heavy atom. The summed E-state index contributed by atoms with van der Waals surface area (Å²) in [6, 6.07) is 0. The molecule has 0 aliphatic rings. The zero-order valence-electron chi connectivity index (χ0n) is 17.6. The van der Waals surface area contributed by atoms with Crippen LogP contribution in [0.3, 0.4) is 0 Å². The van der Waals surface area contributed by atoms with E-state index in [0.717, 1.165) is 11.9 Å². The van der Waals surface area contributed by atoms with Crippen molar-refractivity contribution < 1.29 is 17.7 Å². The quantitative estimate of drug-likeness (QED) is 0.357. The minimum atomic E-state index is -1.56. The molecule has 0 spiro atoms. The highest BCUT2D eigenvalue weighted by Gasteiger charge is 2.24. The molecule has 3 aromatic heterocycles. The van der Waals surface area contributed by atoms with Crippen LogP contribution in [0.4, 0.5) is 0 Å². The third-order valence-electron chi connectivity index (χ3n) is 3.90. The van der Waals surface area contributed by atoms with Crippen LogP contribution in [0.2, 0.25) is 19.6 Å². The molecule has 3 aromatic rings. The van der Waals surface area contributed by atoms with E-state index in [0.29, 0.717) is 35.7 Å². The van der Waals surface area contributed by atoms with Gasteiger partial charge in [0.1, 0.15) is 25.0 Å². The van der Waals surface area contributed by atoms with Crippen LogP contribution in [0, 0.1) is 0 Å². The van der Waals surface area contributed by atoms with E-state index in [1.807, 2.05) is 0 Å². The average molecular weight is 423 g/mol. The van der Waals surface area contributed by atoms with Crippen LogP contribution in [0.15, 0.2) is 32.0 Å². The molecule has 28 heavy (non-hydrogen) atoms. The van der Waals surface area contributed by atoms with Crippen molar-refractivity contribution in [2.75, 3.05) is 26.6 Å². The number of nitrogens with zero attached hydrogens (tertiary/aromatic N) is 3. The van der Waals surface area contributed by atoms with E-state index < -0.39 is 15.6 Å². The molecule has 0 aromatic carbocycles. The van der Waals surface area contributed by atoms with Gasteiger partial charge in [-0.25, -0.2) is 15.0 Å². The lowest BCUT2D eigenvalue weighted by Gasteiger charge is -2.19. The van der Waals surface area contributed by atoms with Gasteiger partial charge in [0.15, 0.2) is 19.7 Å². The summed E-state index contributed by atoms with van der Waals surface area (Å²) in [6.45, 7) is 16.0. The molecule has 0 saturated heterocycles. The first kappa shape index (κ1) is 21.0. The zero-order chi connectivity index (χ0) is 20.5. The molecule has 0 aliphatic carbocycles. The van der Waals surface area contributed by atoms with Crippen LogP contribution in [0.5, 0.6) is 0 Å². The van der Waals surface area contributed by atoms with E-state index in [1.54, 1.807) is 12.5 Å². The van der Waals surface area contributed by atoms with Gasteiger partial charge in [-0.1, -0.05) is 6.92 Å². The normalized spacial score (nSPS) is 13.8. The summed E-state index contributed by atoms with van der Waals surface area (Å²) in [6.07, 6.45) is 5.61. The predicted octanol–water partition coefficient (Wildman–Crippen LogP) is 5.35. The number of hydrogen-bond acceptors (Lipinski definition) is 7. The van der Waals surface area contributed by atoms with Crippen molar-refractivity contribution >= 4 is 15.6 Å². The fourth-order valence-corrected chi connectivity index (χ4v) is 4.17. The summed E-state index contributed by atoms with van der Waals surface area (Å²) in [5, 5.41) is 0. The average Bonchev–Trinajstić information content (AvgIpc) is 3.29. The summed E-state index contributed by atoms with van der Waals surface area (Å²) < 4.78 is 22.7. The van der Waals surface area contributed by atoms with Gasteiger partial charge < -0.3 is 17.7 Å². The molecule has 0 aliphatic heterocycles. The largest absolute Gasteiger partial charge is 0.444 e. The SMILES string of the molecule is C[C@@H](CO[Si](C)(C)C)c1coc(-c2coc(-c3coc(C[P+](C)(C)C)n3)n2)n1. The minimum Gasteiger partial charge on any atom is -0.444 e. The number of rotatable bonds is 8. The Balaban J connectivity index is 1.70. The van der Waals surface area contributed by atoms with Crippen molar-refractivity contribution in [3.63, 3.8) is 0 Å². The molecule has 0 N–H and O–H groups in total. The zero-order valence-corrected chi connectivity index (χ0v) is 19.5. The van der Waals surface area contributed by atoms with Crippen LogP contribution in [0.1, 0.15) is 24.4 Å². The minimum absolute atomic E-state index is 0.148. The second-order valence-electron chi connectivity index (χ2n) is 9.01. The molecule has 0 bridgehead atoms. The van der Waals surface area contributed by atoms with Crippen LogP contribution >= 0.6 is 7.26 Å². The topological polar surface area (TPSA) is 87.3 Å². The Hall–Kier alpha value is -1.76. The summed E-state index contributed by atoms with van der Waals surface area (Å²) in [5.41, 5.74) is 1.96. The molecule has 0 amide bonds. The van der Waals surface area contributed by atoms with Gasteiger partial charge in [-0.05, 0) is 19.6 Å². The van der Waals surface area contributed by atoms with Crippen molar-refractivity contribution in [2.45, 2.75) is 38.6 Å². The molecule has 0 radical (unpaired) electrons. The van der Waals surface area contributed by atoms with Gasteiger partial charge in [-0.15, -0.1) is 0 Å². The molecule has 0 unspecified atom stereocenters. The maximum absolute atomic E-state index is 5.97. The van der Waals surface area contributed by atoms with Crippen molar-refractivity contribution in [2.24, 2.45) is 0 Å². The highest BCUT2D eigenvalue weighted by molar-refractivity contribution is 7.72. The molecule has 0 saturated carbocycles. The van der Waals surface area contributed by atoms with E-state index in [2.05, 4.69) is 61.5 Å². The third kappa shape index (κ3) is 5.62. The van der Waals surface area contributed by atoms with E-state index in [9.17, 15) is 0 Å². The van der Waals surface area contributed by atoms with Gasteiger partial charge >= 0.3 is 0 Å². The first-order valence-corrected chi connectivity index (χ1v) is 16.0. The van der Waals surface area contributed by atoms with Gasteiger partial charge in [0.2, 0.25) is 17.7 Å². The molecule has 7 nitrogen and oxygen atoms in total. The van der Waals surface area contributed by atoms with Gasteiger partial charge in [0, 0.05) is 39.8 Å². The van der Waals surface area contributed by atoms with Crippen LogP contribution in [-0.4, -0.2) is 49.9 Å². The second kappa shape index (κ2) is 7.93. The first-order chi connectivity index (χ1) is 13.0. The van der Waals surface area contributed by atoms with Crippen LogP contribution < -0.4 is 0 Å². The van der Waals surface area contributed by atoms with Gasteiger partial charge in [-0.2, -0.15) is 0 Å². The summed E-state index contributed by atoms with van der Waals surface area (Å²) in [5.74, 6) is 1.68. The number of hydrogen-bond donors (Lipinski definition) is 0. The van der Waals surface area contributed by atoms with Gasteiger partial charge in [0.05, 0.1) is 5.69 Å². The monoisotopic (exact) mass is 422 g/mol. The van der Waals surface area contributed by atoms with Crippen LogP contribution in [-0.2, 0) is 10.6 Å². The highest BCUT2D eigenvalue weighted by Crippen LogP contribution is 2.49. The van der Waals surface area contributed by atoms with Gasteiger partial charge in [0.25, 0.3) is 0 Å². The third-order valence-corrected chi connectivity index (χ3v) is 6.15. The Morgan fingerprint density at radius 2 is 1.54 bits per heavy atom. The fourth-order valence-electron chi connectivity index (χ4n) is 2.47. The molecule has 1 atom stereocenters. The lowest BCUT2D eigenvalue weighted by atomic mass is 10.1. The van der Waals surface area contributed by atoms with Crippen molar-refractivity contribution in [3.05, 3.63) is 30.4 Å². The van der Waals surface area contributed by atoms with E-state index in [-0.39, 0.29) is 5.92 Å². The summed E-state index contributed by atoms with van der Waals surface area (Å²) >= 11 is 0. The number of oxazole rings is 3. The molecule has 152 valence electrons. The Labute approximate surface area is 167 Å². The lowest BCUT2D eigenvalue weighted by molar-refractivity contribution is 0.287. The molecule has 9 heteroatoms. The van der Waals surface area contributed by atoms with Crippen LogP contribution in [0.25, 0.3) is 23.2 Å². The van der Waals surface area contributed by atoms with E-state index in [4.69, 9.17) is 17.7 Å². The Morgan fingerprint density at radius 3 is 2.21 bits per heavy atom. The maximum Gasteiger partial charge on any atom is 0.249 e. The van der Waals surface area contributed by atoms with Gasteiger partial charge in [-0.3, -0.25) is 0 Å². The smallest absolute Gasteiger partial charge is 0.249 e. The second-order valence-corrected chi connectivity index (χ2v) is 18.4. The molecule has 3 rings (SSSR count). The maximum atomic E-state index is 5.97. The van der Waals surface area contributed by atoms with Crippen molar-refractivity contribution in [1.82, 2.24) is 15.0 Å². The highest BCUT2D eigenvalue weighted by atomic mass is 31.2. The van der Waals surface area contributed by atoms with E-state index >= 15 is 0 Å². The molecular formula is C19H29N3O4PSi+. The first-order valence-electron chi connectivity index (χ1n) is 9.31.